The Labute approximate surface area is 160 Å². The van der Waals surface area contributed by atoms with Crippen molar-refractivity contribution >= 4 is 26.6 Å². The second-order valence-electron chi connectivity index (χ2n) is 7.92. The van der Waals surface area contributed by atoms with Crippen molar-refractivity contribution in [1.29, 1.82) is 0 Å². The molecule has 4 rings (SSSR count). The van der Waals surface area contributed by atoms with Crippen LogP contribution in [0.2, 0.25) is 0 Å². The van der Waals surface area contributed by atoms with Crippen molar-refractivity contribution in [1.82, 2.24) is 15.2 Å². The van der Waals surface area contributed by atoms with Crippen molar-refractivity contribution in [3.63, 3.8) is 0 Å². The Bertz CT molecular complexity index is 964. The number of nitrogens with one attached hydrogen (secondary N) is 2. The summed E-state index contributed by atoms with van der Waals surface area (Å²) in [6.45, 7) is 0.716. The van der Waals surface area contributed by atoms with Gasteiger partial charge in [-0.05, 0) is 62.4 Å². The lowest BCUT2D eigenvalue weighted by atomic mass is 9.95. The number of H-pyrrole nitrogens is 1. The van der Waals surface area contributed by atoms with Gasteiger partial charge in [0, 0.05) is 29.2 Å². The Hall–Kier alpha value is -1.86. The number of nitrogens with zero attached hydrogens (tertiary/aromatic N) is 1. The second kappa shape index (κ2) is 7.28. The summed E-state index contributed by atoms with van der Waals surface area (Å²) in [7, 11) is -1.11. The summed E-state index contributed by atoms with van der Waals surface area (Å²) < 4.78 is 23.2. The monoisotopic (exact) mass is 389 g/mol. The highest BCUT2D eigenvalue weighted by atomic mass is 32.2. The minimum atomic E-state index is -2.93. The summed E-state index contributed by atoms with van der Waals surface area (Å²) >= 11 is 0. The van der Waals surface area contributed by atoms with Gasteiger partial charge in [-0.15, -0.1) is 0 Å². The van der Waals surface area contributed by atoms with Gasteiger partial charge in [-0.1, -0.05) is 6.07 Å². The van der Waals surface area contributed by atoms with E-state index in [0.717, 1.165) is 18.4 Å². The third-order valence-electron chi connectivity index (χ3n) is 5.88. The zero-order chi connectivity index (χ0) is 19.0. The molecular formula is C20H27N3O3S. The van der Waals surface area contributed by atoms with Crippen LogP contribution in [0, 0.1) is 0 Å². The zero-order valence-electron chi connectivity index (χ0n) is 15.8. The number of carbonyl (C=O) groups excluding carboxylic acids is 1. The number of likely N-dealkylation sites (N-methyl/N-ethyl adjacent to an activating group) is 1. The molecule has 0 spiro atoms. The first kappa shape index (κ1) is 18.5. The lowest BCUT2D eigenvalue weighted by Crippen LogP contribution is -2.41. The lowest BCUT2D eigenvalue weighted by molar-refractivity contribution is -0.122. The van der Waals surface area contributed by atoms with E-state index in [2.05, 4.69) is 28.5 Å². The summed E-state index contributed by atoms with van der Waals surface area (Å²) in [4.78, 5) is 17.7. The van der Waals surface area contributed by atoms with Crippen molar-refractivity contribution in [2.75, 3.05) is 25.1 Å². The fourth-order valence-corrected chi connectivity index (χ4v) is 6.10. The van der Waals surface area contributed by atoms with Gasteiger partial charge in [0.05, 0.1) is 18.1 Å². The van der Waals surface area contributed by atoms with Crippen molar-refractivity contribution in [2.45, 2.75) is 44.7 Å². The van der Waals surface area contributed by atoms with Gasteiger partial charge in [-0.25, -0.2) is 8.42 Å². The molecule has 2 heterocycles. The predicted molar refractivity (Wildman–Crippen MR) is 106 cm³/mol. The molecule has 1 aliphatic carbocycles. The minimum Gasteiger partial charge on any atom is -0.358 e. The molecule has 27 heavy (non-hydrogen) atoms. The van der Waals surface area contributed by atoms with Gasteiger partial charge in [0.15, 0.2) is 9.84 Å². The van der Waals surface area contributed by atoms with Crippen LogP contribution in [-0.2, 0) is 34.0 Å². The molecule has 0 radical (unpaired) electrons. The van der Waals surface area contributed by atoms with Crippen LogP contribution in [0.4, 0.5) is 0 Å². The predicted octanol–water partition coefficient (Wildman–Crippen LogP) is 1.78. The number of benzene rings is 1. The molecule has 1 aliphatic heterocycles. The highest BCUT2D eigenvalue weighted by molar-refractivity contribution is 7.91. The van der Waals surface area contributed by atoms with E-state index in [4.69, 9.17) is 0 Å². The van der Waals surface area contributed by atoms with E-state index in [-0.39, 0.29) is 30.0 Å². The smallest absolute Gasteiger partial charge is 0.234 e. The molecule has 2 aromatic rings. The van der Waals surface area contributed by atoms with Crippen LogP contribution in [0.1, 0.15) is 36.1 Å². The van der Waals surface area contributed by atoms with Gasteiger partial charge in [0.25, 0.3) is 0 Å². The van der Waals surface area contributed by atoms with Crippen molar-refractivity contribution in [3.8, 4) is 0 Å². The largest absolute Gasteiger partial charge is 0.358 e. The first-order chi connectivity index (χ1) is 12.9. The van der Waals surface area contributed by atoms with Gasteiger partial charge in [-0.3, -0.25) is 9.69 Å². The number of aryl methyl sites for hydroxylation is 2. The summed E-state index contributed by atoms with van der Waals surface area (Å²) in [5, 5.41) is 4.25. The molecule has 0 unspecified atom stereocenters. The third kappa shape index (κ3) is 4.04. The highest BCUT2D eigenvalue weighted by Crippen LogP contribution is 2.29. The highest BCUT2D eigenvalue weighted by Gasteiger charge is 2.31. The maximum Gasteiger partial charge on any atom is 0.234 e. The Balaban J connectivity index is 1.36. The summed E-state index contributed by atoms with van der Waals surface area (Å²) in [6.07, 6.45) is 5.35. The average molecular weight is 390 g/mol. The molecule has 146 valence electrons. The first-order valence-electron chi connectivity index (χ1n) is 9.71. The Morgan fingerprint density at radius 3 is 2.89 bits per heavy atom. The molecule has 1 amide bonds. The zero-order valence-corrected chi connectivity index (χ0v) is 16.6. The van der Waals surface area contributed by atoms with Crippen LogP contribution in [0.15, 0.2) is 18.2 Å². The number of aromatic nitrogens is 1. The molecule has 1 aromatic carbocycles. The maximum absolute atomic E-state index is 12.3. The number of amides is 1. The quantitative estimate of drug-likeness (QED) is 0.817. The fraction of sp³-hybridized carbons (Fsp3) is 0.550. The molecule has 0 bridgehead atoms. The Morgan fingerprint density at radius 2 is 2.11 bits per heavy atom. The van der Waals surface area contributed by atoms with Crippen LogP contribution >= 0.6 is 0 Å². The molecule has 1 atom stereocenters. The molecule has 1 aromatic heterocycles. The van der Waals surface area contributed by atoms with Gasteiger partial charge < -0.3 is 10.3 Å². The molecule has 2 N–H and O–H groups in total. The summed E-state index contributed by atoms with van der Waals surface area (Å²) in [5.74, 6) is 0.314. The lowest BCUT2D eigenvalue weighted by Gasteiger charge is -2.22. The van der Waals surface area contributed by atoms with Crippen molar-refractivity contribution in [3.05, 3.63) is 35.0 Å². The number of hydrogen-bond acceptors (Lipinski definition) is 4. The van der Waals surface area contributed by atoms with Crippen LogP contribution < -0.4 is 5.32 Å². The first-order valence-corrected chi connectivity index (χ1v) is 11.5. The number of hydrogen-bond donors (Lipinski definition) is 2. The van der Waals surface area contributed by atoms with Crippen LogP contribution in [-0.4, -0.2) is 55.3 Å². The molecule has 7 heteroatoms. The van der Waals surface area contributed by atoms with Gasteiger partial charge >= 0.3 is 0 Å². The average Bonchev–Trinajstić information content (AvgIpc) is 3.19. The fourth-order valence-electron chi connectivity index (χ4n) is 4.30. The van der Waals surface area contributed by atoms with Gasteiger partial charge in [0.2, 0.25) is 5.91 Å². The third-order valence-corrected chi connectivity index (χ3v) is 7.63. The van der Waals surface area contributed by atoms with E-state index in [0.29, 0.717) is 13.0 Å². The SMILES string of the molecule is CN(CC(=O)NCc1ccc2[nH]c3c(c2c1)CCCC3)[C@H]1CCS(=O)(=O)C1. The van der Waals surface area contributed by atoms with Crippen LogP contribution in [0.3, 0.4) is 0 Å². The number of sulfone groups is 1. The normalized spacial score (nSPS) is 21.5. The number of aromatic amines is 1. The Morgan fingerprint density at radius 1 is 1.30 bits per heavy atom. The summed E-state index contributed by atoms with van der Waals surface area (Å²) in [6, 6.07) is 6.29. The second-order valence-corrected chi connectivity index (χ2v) is 10.1. The van der Waals surface area contributed by atoms with E-state index >= 15 is 0 Å². The number of carbonyl (C=O) groups is 1. The molecule has 1 saturated heterocycles. The number of rotatable bonds is 5. The molecule has 1 fully saturated rings. The molecule has 0 saturated carbocycles. The van der Waals surface area contributed by atoms with Gasteiger partial charge in [-0.2, -0.15) is 0 Å². The molecule has 2 aliphatic rings. The van der Waals surface area contributed by atoms with Gasteiger partial charge in [0.1, 0.15) is 0 Å². The van der Waals surface area contributed by atoms with Crippen molar-refractivity contribution < 1.29 is 13.2 Å². The Kier molecular flexibility index (Phi) is 4.99. The molecular weight excluding hydrogens is 362 g/mol. The van der Waals surface area contributed by atoms with Crippen LogP contribution in [0.5, 0.6) is 0 Å². The molecule has 6 nitrogen and oxygen atoms in total. The van der Waals surface area contributed by atoms with E-state index in [1.165, 1.54) is 35.0 Å². The number of fused-ring (bicyclic) bond motifs is 3. The van der Waals surface area contributed by atoms with Crippen molar-refractivity contribution in [2.24, 2.45) is 0 Å². The standard InChI is InChI=1S/C20H27N3O3S/c1-23(15-8-9-27(25,26)13-15)12-20(24)21-11-14-6-7-19-17(10-14)16-4-2-3-5-18(16)22-19/h6-7,10,15,22H,2-5,8-9,11-13H2,1H3,(H,21,24)/t15-/m0/s1. The topological polar surface area (TPSA) is 82.3 Å². The van der Waals surface area contributed by atoms with E-state index in [9.17, 15) is 13.2 Å². The van der Waals surface area contributed by atoms with E-state index in [1.54, 1.807) is 0 Å². The maximum atomic E-state index is 12.3. The minimum absolute atomic E-state index is 0.0523. The van der Waals surface area contributed by atoms with E-state index in [1.807, 2.05) is 11.9 Å². The van der Waals surface area contributed by atoms with E-state index < -0.39 is 9.84 Å². The van der Waals surface area contributed by atoms with Crippen LogP contribution in [0.25, 0.3) is 10.9 Å². The summed E-state index contributed by atoms with van der Waals surface area (Å²) in [5.41, 5.74) is 5.07.